The maximum absolute atomic E-state index is 12.8. The quantitative estimate of drug-likeness (QED) is 0.522. The van der Waals surface area contributed by atoms with Crippen molar-refractivity contribution >= 4 is 29.4 Å². The molecule has 2 N–H and O–H groups in total. The van der Waals surface area contributed by atoms with Crippen LogP contribution in [0.25, 0.3) is 11.1 Å². The first-order valence-electron chi connectivity index (χ1n) is 11.3. The van der Waals surface area contributed by atoms with Gasteiger partial charge >= 0.3 is 12.1 Å². The van der Waals surface area contributed by atoms with Gasteiger partial charge in [-0.05, 0) is 59.4 Å². The number of fused-ring (bicyclic) bond motifs is 3. The van der Waals surface area contributed by atoms with Gasteiger partial charge in [0.15, 0.2) is 0 Å². The van der Waals surface area contributed by atoms with Crippen LogP contribution >= 0.6 is 11.6 Å². The summed E-state index contributed by atoms with van der Waals surface area (Å²) in [5.41, 5.74) is 4.13. The fourth-order valence-corrected chi connectivity index (χ4v) is 5.15. The molecular formula is C27H25ClN2O4. The number of rotatable bonds is 5. The highest BCUT2D eigenvalue weighted by atomic mass is 35.5. The third-order valence-corrected chi connectivity index (χ3v) is 7.16. The number of anilines is 1. The van der Waals surface area contributed by atoms with Gasteiger partial charge in [-0.15, -0.1) is 0 Å². The zero-order chi connectivity index (χ0) is 23.7. The number of halogens is 1. The van der Waals surface area contributed by atoms with Crippen molar-refractivity contribution in [2.45, 2.75) is 24.3 Å². The number of alkyl carbamates (subject to hydrolysis) is 1. The zero-order valence-corrected chi connectivity index (χ0v) is 19.3. The predicted molar refractivity (Wildman–Crippen MR) is 131 cm³/mol. The Kier molecular flexibility index (Phi) is 5.92. The lowest BCUT2D eigenvalue weighted by atomic mass is 9.87. The lowest BCUT2D eigenvalue weighted by Gasteiger charge is -2.40. The summed E-state index contributed by atoms with van der Waals surface area (Å²) in [7, 11) is 0. The van der Waals surface area contributed by atoms with Crippen LogP contribution in [0, 0.1) is 0 Å². The first-order chi connectivity index (χ1) is 16.5. The van der Waals surface area contributed by atoms with Crippen LogP contribution < -0.4 is 10.2 Å². The highest BCUT2D eigenvalue weighted by Gasteiger charge is 2.43. The molecule has 1 aliphatic heterocycles. The average molecular weight is 477 g/mol. The maximum Gasteiger partial charge on any atom is 0.408 e. The van der Waals surface area contributed by atoms with Gasteiger partial charge in [0.25, 0.3) is 0 Å². The van der Waals surface area contributed by atoms with Crippen LogP contribution in [0.3, 0.4) is 0 Å². The lowest BCUT2D eigenvalue weighted by Crippen LogP contribution is -2.60. The molecular weight excluding hydrogens is 452 g/mol. The van der Waals surface area contributed by atoms with E-state index >= 15 is 0 Å². The summed E-state index contributed by atoms with van der Waals surface area (Å²) in [6.45, 7) is 1.14. The minimum atomic E-state index is -1.36. The summed E-state index contributed by atoms with van der Waals surface area (Å²) < 4.78 is 5.60. The Morgan fingerprint density at radius 1 is 0.941 bits per heavy atom. The van der Waals surface area contributed by atoms with E-state index in [0.29, 0.717) is 18.1 Å². The lowest BCUT2D eigenvalue weighted by molar-refractivity contribution is -0.145. The molecule has 7 heteroatoms. The molecule has 1 saturated heterocycles. The Morgan fingerprint density at radius 2 is 1.50 bits per heavy atom. The Labute approximate surface area is 203 Å². The summed E-state index contributed by atoms with van der Waals surface area (Å²) in [5.74, 6) is -1.12. The number of hydrogen-bond donors (Lipinski definition) is 2. The smallest absolute Gasteiger partial charge is 0.408 e. The number of piperidine rings is 1. The van der Waals surface area contributed by atoms with E-state index in [2.05, 4.69) is 22.3 Å². The molecule has 3 aromatic rings. The van der Waals surface area contributed by atoms with E-state index in [0.717, 1.165) is 27.9 Å². The van der Waals surface area contributed by atoms with E-state index in [-0.39, 0.29) is 25.4 Å². The fourth-order valence-electron chi connectivity index (χ4n) is 5.02. The SMILES string of the molecule is O=C(NC1(C(=O)O)CCN(c2ccc(Cl)cc2)CC1)OCC1c2ccccc2-c2ccccc21. The summed E-state index contributed by atoms with van der Waals surface area (Å²) in [6, 6.07) is 23.6. The molecule has 0 bridgehead atoms. The van der Waals surface area contributed by atoms with E-state index in [1.807, 2.05) is 60.7 Å². The molecule has 0 atom stereocenters. The molecule has 6 nitrogen and oxygen atoms in total. The van der Waals surface area contributed by atoms with Crippen molar-refractivity contribution in [1.29, 1.82) is 0 Å². The number of ether oxygens (including phenoxy) is 1. The molecule has 1 fully saturated rings. The van der Waals surface area contributed by atoms with Gasteiger partial charge in [0.05, 0.1) is 0 Å². The van der Waals surface area contributed by atoms with E-state index in [9.17, 15) is 14.7 Å². The predicted octanol–water partition coefficient (Wildman–Crippen LogP) is 5.30. The molecule has 1 heterocycles. The number of carboxylic acid groups (broad SMARTS) is 1. The van der Waals surface area contributed by atoms with Gasteiger partial charge in [0, 0.05) is 29.7 Å². The minimum absolute atomic E-state index is 0.0781. The molecule has 1 aliphatic carbocycles. The van der Waals surface area contributed by atoms with Crippen LogP contribution in [0.5, 0.6) is 0 Å². The van der Waals surface area contributed by atoms with E-state index in [4.69, 9.17) is 16.3 Å². The van der Waals surface area contributed by atoms with Crippen molar-refractivity contribution in [3.05, 3.63) is 88.9 Å². The van der Waals surface area contributed by atoms with Crippen molar-refractivity contribution in [2.24, 2.45) is 0 Å². The molecule has 5 rings (SSSR count). The van der Waals surface area contributed by atoms with E-state index in [1.165, 1.54) is 0 Å². The monoisotopic (exact) mass is 476 g/mol. The Hall–Kier alpha value is -3.51. The molecule has 174 valence electrons. The number of nitrogens with zero attached hydrogens (tertiary/aromatic N) is 1. The fraction of sp³-hybridized carbons (Fsp3) is 0.259. The second kappa shape index (κ2) is 9.03. The van der Waals surface area contributed by atoms with Gasteiger partial charge in [-0.25, -0.2) is 9.59 Å². The van der Waals surface area contributed by atoms with Gasteiger partial charge in [-0.3, -0.25) is 0 Å². The summed E-state index contributed by atoms with van der Waals surface area (Å²) >= 11 is 5.97. The normalized spacial score (nSPS) is 16.4. The Morgan fingerprint density at radius 3 is 2.06 bits per heavy atom. The van der Waals surface area contributed by atoms with Gasteiger partial charge in [0.2, 0.25) is 0 Å². The molecule has 1 amide bonds. The number of benzene rings is 3. The molecule has 2 aliphatic rings. The number of hydrogen-bond acceptors (Lipinski definition) is 4. The van der Waals surface area contributed by atoms with Gasteiger partial charge in [-0.2, -0.15) is 0 Å². The van der Waals surface area contributed by atoms with Crippen molar-refractivity contribution in [3.63, 3.8) is 0 Å². The van der Waals surface area contributed by atoms with Gasteiger partial charge < -0.3 is 20.1 Å². The number of carboxylic acids is 1. The van der Waals surface area contributed by atoms with Crippen LogP contribution in [-0.2, 0) is 9.53 Å². The number of aliphatic carboxylic acids is 1. The van der Waals surface area contributed by atoms with Crippen molar-refractivity contribution in [3.8, 4) is 11.1 Å². The van der Waals surface area contributed by atoms with Crippen LogP contribution in [0.4, 0.5) is 10.5 Å². The first-order valence-corrected chi connectivity index (χ1v) is 11.7. The second-order valence-electron chi connectivity index (χ2n) is 8.80. The van der Waals surface area contributed by atoms with Crippen molar-refractivity contribution in [2.75, 3.05) is 24.6 Å². The Balaban J connectivity index is 1.25. The highest BCUT2D eigenvalue weighted by Crippen LogP contribution is 2.44. The van der Waals surface area contributed by atoms with Crippen LogP contribution in [0.2, 0.25) is 5.02 Å². The van der Waals surface area contributed by atoms with Crippen LogP contribution in [0.1, 0.15) is 29.9 Å². The molecule has 0 saturated carbocycles. The van der Waals surface area contributed by atoms with Crippen molar-refractivity contribution in [1.82, 2.24) is 5.32 Å². The topological polar surface area (TPSA) is 78.9 Å². The highest BCUT2D eigenvalue weighted by molar-refractivity contribution is 6.30. The molecule has 0 radical (unpaired) electrons. The molecule has 3 aromatic carbocycles. The maximum atomic E-state index is 12.8. The number of carbonyl (C=O) groups excluding carboxylic acids is 1. The van der Waals surface area contributed by atoms with Crippen LogP contribution in [0.15, 0.2) is 72.8 Å². The summed E-state index contributed by atoms with van der Waals surface area (Å²) in [6.07, 6.45) is -0.158. The summed E-state index contributed by atoms with van der Waals surface area (Å²) in [5, 5.41) is 13.3. The molecule has 0 unspecified atom stereocenters. The van der Waals surface area contributed by atoms with Gasteiger partial charge in [-0.1, -0.05) is 60.1 Å². The van der Waals surface area contributed by atoms with Crippen molar-refractivity contribution < 1.29 is 19.4 Å². The first kappa shape index (κ1) is 22.3. The molecule has 0 spiro atoms. The third-order valence-electron chi connectivity index (χ3n) is 6.90. The number of nitrogens with one attached hydrogen (secondary N) is 1. The summed E-state index contributed by atoms with van der Waals surface area (Å²) in [4.78, 5) is 27.0. The number of amides is 1. The molecule has 0 aromatic heterocycles. The van der Waals surface area contributed by atoms with E-state index in [1.54, 1.807) is 0 Å². The minimum Gasteiger partial charge on any atom is -0.480 e. The third kappa shape index (κ3) is 4.10. The van der Waals surface area contributed by atoms with Gasteiger partial charge in [0.1, 0.15) is 12.1 Å². The second-order valence-corrected chi connectivity index (χ2v) is 9.24. The zero-order valence-electron chi connectivity index (χ0n) is 18.5. The number of carbonyl (C=O) groups is 2. The Bertz CT molecular complexity index is 1170. The largest absolute Gasteiger partial charge is 0.480 e. The molecule has 34 heavy (non-hydrogen) atoms. The average Bonchev–Trinajstić information content (AvgIpc) is 3.17. The van der Waals surface area contributed by atoms with Crippen LogP contribution in [-0.4, -0.2) is 42.4 Å². The van der Waals surface area contributed by atoms with E-state index < -0.39 is 17.6 Å². The standard InChI is InChI=1S/C27H25ClN2O4/c28-18-9-11-19(12-10-18)30-15-13-27(14-16-30,25(31)32)29-26(33)34-17-24-22-7-3-1-5-20(22)21-6-2-4-8-23(21)24/h1-12,24H,13-17H2,(H,29,33)(H,31,32).